The van der Waals surface area contributed by atoms with Crippen molar-refractivity contribution >= 4 is 12.1 Å². The molecule has 1 fully saturated rings. The van der Waals surface area contributed by atoms with E-state index >= 15 is 0 Å². The molecule has 0 aliphatic carbocycles. The van der Waals surface area contributed by atoms with Gasteiger partial charge in [-0.1, -0.05) is 29.8 Å². The Morgan fingerprint density at radius 3 is 2.71 bits per heavy atom. The number of carbonyl (C=O) groups excluding carboxylic acids is 1. The number of carbonyl (C=O) groups is 2. The van der Waals surface area contributed by atoms with E-state index in [0.29, 0.717) is 0 Å². The molecule has 1 aromatic carbocycles. The van der Waals surface area contributed by atoms with Gasteiger partial charge in [0.15, 0.2) is 0 Å². The van der Waals surface area contributed by atoms with Gasteiger partial charge in [-0.2, -0.15) is 0 Å². The number of aliphatic carboxylic acids is 1. The van der Waals surface area contributed by atoms with Crippen molar-refractivity contribution in [3.05, 3.63) is 35.4 Å². The first-order valence-corrected chi connectivity index (χ1v) is 5.29. The summed E-state index contributed by atoms with van der Waals surface area (Å²) in [5, 5.41) is 8.75. The number of hydrogen-bond donors (Lipinski definition) is 1. The van der Waals surface area contributed by atoms with E-state index in [1.54, 1.807) is 0 Å². The fraction of sp³-hybridized carbons (Fsp3) is 0.333. The molecule has 90 valence electrons. The minimum absolute atomic E-state index is 0.204. The topological polar surface area (TPSA) is 66.8 Å². The molecular formula is C12H13NO4. The van der Waals surface area contributed by atoms with Crippen molar-refractivity contribution in [1.82, 2.24) is 4.90 Å². The standard InChI is InChI=1S/C12H13NO4/c1-8-2-4-9(5-3-8)10-7-17-12(16)13(10)6-11(14)15/h2-5,10H,6-7H2,1H3,(H,14,15)/t10-/m1/s1. The van der Waals surface area contributed by atoms with Gasteiger partial charge in [0, 0.05) is 0 Å². The first-order chi connectivity index (χ1) is 8.08. The monoisotopic (exact) mass is 235 g/mol. The van der Waals surface area contributed by atoms with Crippen LogP contribution in [-0.2, 0) is 9.53 Å². The van der Waals surface area contributed by atoms with E-state index in [0.717, 1.165) is 11.1 Å². The third-order valence-corrected chi connectivity index (χ3v) is 2.74. The van der Waals surface area contributed by atoms with E-state index in [9.17, 15) is 9.59 Å². The van der Waals surface area contributed by atoms with Gasteiger partial charge >= 0.3 is 12.1 Å². The molecule has 1 amide bonds. The maximum atomic E-state index is 11.4. The molecule has 0 bridgehead atoms. The number of nitrogens with zero attached hydrogens (tertiary/aromatic N) is 1. The van der Waals surface area contributed by atoms with Crippen molar-refractivity contribution in [2.24, 2.45) is 0 Å². The normalized spacial score (nSPS) is 19.2. The van der Waals surface area contributed by atoms with Gasteiger partial charge in [0.05, 0.1) is 6.04 Å². The molecule has 0 aromatic heterocycles. The van der Waals surface area contributed by atoms with Crippen LogP contribution in [0.1, 0.15) is 17.2 Å². The zero-order valence-electron chi connectivity index (χ0n) is 9.42. The number of benzene rings is 1. The van der Waals surface area contributed by atoms with E-state index in [1.165, 1.54) is 4.90 Å². The summed E-state index contributed by atoms with van der Waals surface area (Å²) < 4.78 is 4.89. The number of aryl methyl sites for hydroxylation is 1. The Balaban J connectivity index is 2.22. The highest BCUT2D eigenvalue weighted by molar-refractivity contribution is 5.78. The molecule has 0 unspecified atom stereocenters. The molecule has 17 heavy (non-hydrogen) atoms. The van der Waals surface area contributed by atoms with E-state index in [4.69, 9.17) is 9.84 Å². The lowest BCUT2D eigenvalue weighted by Crippen LogP contribution is -2.32. The molecule has 1 aliphatic heterocycles. The van der Waals surface area contributed by atoms with E-state index in [-0.39, 0.29) is 19.2 Å². The van der Waals surface area contributed by atoms with Gasteiger partial charge in [0.1, 0.15) is 13.2 Å². The summed E-state index contributed by atoms with van der Waals surface area (Å²) in [7, 11) is 0. The second-order valence-corrected chi connectivity index (χ2v) is 4.03. The summed E-state index contributed by atoms with van der Waals surface area (Å²) >= 11 is 0. The van der Waals surface area contributed by atoms with Gasteiger partial charge in [-0.05, 0) is 12.5 Å². The van der Waals surface area contributed by atoms with Gasteiger partial charge in [0.25, 0.3) is 0 Å². The van der Waals surface area contributed by atoms with Crippen LogP contribution < -0.4 is 0 Å². The Labute approximate surface area is 98.6 Å². The predicted molar refractivity (Wildman–Crippen MR) is 59.6 cm³/mol. The first-order valence-electron chi connectivity index (χ1n) is 5.29. The molecular weight excluding hydrogens is 222 g/mol. The average molecular weight is 235 g/mol. The SMILES string of the molecule is Cc1ccc([C@H]2COC(=O)N2CC(=O)O)cc1. The minimum atomic E-state index is -1.04. The molecule has 0 spiro atoms. The van der Waals surface area contributed by atoms with Crippen LogP contribution >= 0.6 is 0 Å². The van der Waals surface area contributed by atoms with Crippen LogP contribution in [0.4, 0.5) is 4.79 Å². The van der Waals surface area contributed by atoms with Crippen LogP contribution in [-0.4, -0.2) is 35.2 Å². The molecule has 5 nitrogen and oxygen atoms in total. The fourth-order valence-corrected chi connectivity index (χ4v) is 1.84. The number of ether oxygens (including phenoxy) is 1. The Hall–Kier alpha value is -2.04. The third-order valence-electron chi connectivity index (χ3n) is 2.74. The molecule has 1 saturated heterocycles. The summed E-state index contributed by atoms with van der Waals surface area (Å²) in [6, 6.07) is 7.32. The molecule has 1 N–H and O–H groups in total. The average Bonchev–Trinajstić information content (AvgIpc) is 2.61. The molecule has 2 rings (SSSR count). The van der Waals surface area contributed by atoms with Crippen LogP contribution in [0.15, 0.2) is 24.3 Å². The van der Waals surface area contributed by atoms with Gasteiger partial charge in [-0.25, -0.2) is 4.79 Å². The molecule has 0 radical (unpaired) electrons. The Bertz CT molecular complexity index is 440. The lowest BCUT2D eigenvalue weighted by atomic mass is 10.1. The summed E-state index contributed by atoms with van der Waals surface area (Å²) in [6.07, 6.45) is -0.571. The van der Waals surface area contributed by atoms with Crippen LogP contribution in [0.3, 0.4) is 0 Å². The minimum Gasteiger partial charge on any atom is -0.480 e. The lowest BCUT2D eigenvalue weighted by molar-refractivity contribution is -0.137. The zero-order valence-corrected chi connectivity index (χ0v) is 9.42. The van der Waals surface area contributed by atoms with Crippen molar-refractivity contribution < 1.29 is 19.4 Å². The number of carboxylic acid groups (broad SMARTS) is 1. The highest BCUT2D eigenvalue weighted by atomic mass is 16.6. The lowest BCUT2D eigenvalue weighted by Gasteiger charge is -2.19. The van der Waals surface area contributed by atoms with Crippen molar-refractivity contribution in [3.63, 3.8) is 0 Å². The molecule has 5 heteroatoms. The maximum absolute atomic E-state index is 11.4. The van der Waals surface area contributed by atoms with Crippen LogP contribution in [0.2, 0.25) is 0 Å². The van der Waals surface area contributed by atoms with E-state index in [2.05, 4.69) is 0 Å². The van der Waals surface area contributed by atoms with Crippen molar-refractivity contribution in [3.8, 4) is 0 Å². The second kappa shape index (κ2) is 4.45. The van der Waals surface area contributed by atoms with Crippen molar-refractivity contribution in [2.75, 3.05) is 13.2 Å². The summed E-state index contributed by atoms with van der Waals surface area (Å²) in [6.45, 7) is 1.83. The number of rotatable bonds is 3. The van der Waals surface area contributed by atoms with Gasteiger partial charge in [-0.15, -0.1) is 0 Å². The fourth-order valence-electron chi connectivity index (χ4n) is 1.84. The summed E-state index contributed by atoms with van der Waals surface area (Å²) in [5.41, 5.74) is 2.01. The number of cyclic esters (lactones) is 1. The predicted octanol–water partition coefficient (Wildman–Crippen LogP) is 1.57. The summed E-state index contributed by atoms with van der Waals surface area (Å²) in [5.74, 6) is -1.04. The number of hydrogen-bond acceptors (Lipinski definition) is 3. The smallest absolute Gasteiger partial charge is 0.411 e. The van der Waals surface area contributed by atoms with Gasteiger partial charge < -0.3 is 9.84 Å². The quantitative estimate of drug-likeness (QED) is 0.863. The molecule has 1 aromatic rings. The molecule has 1 aliphatic rings. The zero-order chi connectivity index (χ0) is 12.4. The van der Waals surface area contributed by atoms with Crippen LogP contribution in [0.25, 0.3) is 0 Å². The van der Waals surface area contributed by atoms with Gasteiger partial charge in [-0.3, -0.25) is 9.69 Å². The van der Waals surface area contributed by atoms with Crippen LogP contribution in [0, 0.1) is 6.92 Å². The Kier molecular flexibility index (Phi) is 2.99. The van der Waals surface area contributed by atoms with E-state index in [1.807, 2.05) is 31.2 Å². The Morgan fingerprint density at radius 2 is 2.12 bits per heavy atom. The second-order valence-electron chi connectivity index (χ2n) is 4.03. The third kappa shape index (κ3) is 2.38. The van der Waals surface area contributed by atoms with E-state index < -0.39 is 12.1 Å². The summed E-state index contributed by atoms with van der Waals surface area (Å²) in [4.78, 5) is 23.3. The Morgan fingerprint density at radius 1 is 1.47 bits per heavy atom. The van der Waals surface area contributed by atoms with Crippen molar-refractivity contribution in [2.45, 2.75) is 13.0 Å². The highest BCUT2D eigenvalue weighted by Crippen LogP contribution is 2.27. The van der Waals surface area contributed by atoms with Crippen LogP contribution in [0.5, 0.6) is 0 Å². The molecule has 0 saturated carbocycles. The maximum Gasteiger partial charge on any atom is 0.411 e. The molecule has 1 heterocycles. The van der Waals surface area contributed by atoms with Crippen molar-refractivity contribution in [1.29, 1.82) is 0 Å². The number of amides is 1. The first kappa shape index (κ1) is 11.4. The highest BCUT2D eigenvalue weighted by Gasteiger charge is 2.35. The largest absolute Gasteiger partial charge is 0.480 e. The van der Waals surface area contributed by atoms with Gasteiger partial charge in [0.2, 0.25) is 0 Å². The number of carboxylic acids is 1. The molecule has 1 atom stereocenters.